The molecule has 2 atom stereocenters. The van der Waals surface area contributed by atoms with E-state index >= 15 is 0 Å². The van der Waals surface area contributed by atoms with E-state index in [4.69, 9.17) is 0 Å². The standard InChI is InChI=1S/C9H19N/c1-5-7-8(3)9(6-2)10-4/h8-9H,4-7H2,1-3H3. The van der Waals surface area contributed by atoms with E-state index in [1.807, 2.05) is 0 Å². The molecular formula is C9H19N. The van der Waals surface area contributed by atoms with Crippen molar-refractivity contribution in [3.63, 3.8) is 0 Å². The summed E-state index contributed by atoms with van der Waals surface area (Å²) >= 11 is 0. The van der Waals surface area contributed by atoms with Gasteiger partial charge in [-0.2, -0.15) is 0 Å². The molecule has 0 aromatic carbocycles. The lowest BCUT2D eigenvalue weighted by Gasteiger charge is -2.16. The third-order valence-corrected chi connectivity index (χ3v) is 2.05. The van der Waals surface area contributed by atoms with Gasteiger partial charge >= 0.3 is 0 Å². The summed E-state index contributed by atoms with van der Waals surface area (Å²) in [5.41, 5.74) is 0. The molecule has 2 unspecified atom stereocenters. The molecule has 0 N–H and O–H groups in total. The van der Waals surface area contributed by atoms with Gasteiger partial charge in [0.1, 0.15) is 0 Å². The first-order chi connectivity index (χ1) is 4.76. The Bertz CT molecular complexity index is 88.7. The van der Waals surface area contributed by atoms with Gasteiger partial charge in [0.15, 0.2) is 0 Å². The number of rotatable bonds is 5. The van der Waals surface area contributed by atoms with Crippen LogP contribution >= 0.6 is 0 Å². The highest BCUT2D eigenvalue weighted by molar-refractivity contribution is 5.24. The second-order valence-corrected chi connectivity index (χ2v) is 2.92. The van der Waals surface area contributed by atoms with Gasteiger partial charge in [0.05, 0.1) is 6.04 Å². The molecule has 0 aliphatic rings. The zero-order valence-corrected chi connectivity index (χ0v) is 7.43. The number of hydrogen-bond donors (Lipinski definition) is 0. The Labute approximate surface area is 64.6 Å². The summed E-state index contributed by atoms with van der Waals surface area (Å²) in [6, 6.07) is 0.486. The zero-order chi connectivity index (χ0) is 7.98. The Morgan fingerprint density at radius 3 is 2.30 bits per heavy atom. The molecule has 0 saturated heterocycles. The predicted octanol–water partition coefficient (Wildman–Crippen LogP) is 2.90. The largest absolute Gasteiger partial charge is 0.297 e. The average Bonchev–Trinajstić information content (AvgIpc) is 1.91. The van der Waals surface area contributed by atoms with Crippen molar-refractivity contribution in [1.29, 1.82) is 0 Å². The summed E-state index contributed by atoms with van der Waals surface area (Å²) in [5.74, 6) is 0.715. The Morgan fingerprint density at radius 1 is 1.40 bits per heavy atom. The van der Waals surface area contributed by atoms with Gasteiger partial charge in [0, 0.05) is 0 Å². The van der Waals surface area contributed by atoms with E-state index in [0.717, 1.165) is 6.42 Å². The molecule has 10 heavy (non-hydrogen) atoms. The molecule has 0 bridgehead atoms. The molecule has 0 spiro atoms. The van der Waals surface area contributed by atoms with Crippen LogP contribution in [0.4, 0.5) is 0 Å². The van der Waals surface area contributed by atoms with Crippen LogP contribution in [0.15, 0.2) is 4.99 Å². The smallest absolute Gasteiger partial charge is 0.0515 e. The Kier molecular flexibility index (Phi) is 5.27. The fourth-order valence-electron chi connectivity index (χ4n) is 1.36. The van der Waals surface area contributed by atoms with Crippen molar-refractivity contribution in [1.82, 2.24) is 0 Å². The SMILES string of the molecule is C=NC(CC)C(C)CCC. The van der Waals surface area contributed by atoms with Crippen LogP contribution in [-0.2, 0) is 0 Å². The van der Waals surface area contributed by atoms with Crippen molar-refractivity contribution in [3.05, 3.63) is 0 Å². The average molecular weight is 141 g/mol. The van der Waals surface area contributed by atoms with Crippen molar-refractivity contribution in [2.24, 2.45) is 10.9 Å². The Hall–Kier alpha value is -0.330. The van der Waals surface area contributed by atoms with Crippen LogP contribution in [0.3, 0.4) is 0 Å². The molecule has 1 heteroatoms. The lowest BCUT2D eigenvalue weighted by molar-refractivity contribution is 0.417. The molecule has 0 amide bonds. The molecule has 0 heterocycles. The maximum Gasteiger partial charge on any atom is 0.0515 e. The van der Waals surface area contributed by atoms with E-state index in [1.165, 1.54) is 12.8 Å². The van der Waals surface area contributed by atoms with E-state index in [0.29, 0.717) is 12.0 Å². The van der Waals surface area contributed by atoms with Crippen LogP contribution in [0.1, 0.15) is 40.0 Å². The minimum Gasteiger partial charge on any atom is -0.297 e. The summed E-state index contributed by atoms with van der Waals surface area (Å²) < 4.78 is 0. The highest BCUT2D eigenvalue weighted by Gasteiger charge is 2.10. The van der Waals surface area contributed by atoms with Gasteiger partial charge in [-0.3, -0.25) is 4.99 Å². The van der Waals surface area contributed by atoms with Crippen LogP contribution < -0.4 is 0 Å². The molecule has 0 rings (SSSR count). The molecule has 0 saturated carbocycles. The number of aliphatic imine (C=N–C) groups is 1. The lowest BCUT2D eigenvalue weighted by Crippen LogP contribution is -2.13. The van der Waals surface area contributed by atoms with Crippen molar-refractivity contribution in [2.75, 3.05) is 0 Å². The molecule has 0 radical (unpaired) electrons. The summed E-state index contributed by atoms with van der Waals surface area (Å²) in [5, 5.41) is 0. The van der Waals surface area contributed by atoms with Gasteiger partial charge in [-0.25, -0.2) is 0 Å². The second-order valence-electron chi connectivity index (χ2n) is 2.92. The summed E-state index contributed by atoms with van der Waals surface area (Å²) in [6.45, 7) is 10.2. The minimum atomic E-state index is 0.486. The van der Waals surface area contributed by atoms with Crippen LogP contribution in [-0.4, -0.2) is 12.8 Å². The third kappa shape index (κ3) is 3.00. The van der Waals surface area contributed by atoms with Crippen LogP contribution in [0, 0.1) is 5.92 Å². The van der Waals surface area contributed by atoms with E-state index in [9.17, 15) is 0 Å². The van der Waals surface area contributed by atoms with Gasteiger partial charge in [0.25, 0.3) is 0 Å². The normalized spacial score (nSPS) is 16.3. The summed E-state index contributed by atoms with van der Waals surface area (Å²) in [4.78, 5) is 4.08. The first-order valence-electron chi connectivity index (χ1n) is 4.22. The molecular weight excluding hydrogens is 122 g/mol. The molecule has 60 valence electrons. The molecule has 0 aromatic heterocycles. The van der Waals surface area contributed by atoms with Gasteiger partial charge < -0.3 is 0 Å². The second kappa shape index (κ2) is 5.45. The van der Waals surface area contributed by atoms with Crippen molar-refractivity contribution >= 4 is 6.72 Å². The minimum absolute atomic E-state index is 0.486. The van der Waals surface area contributed by atoms with Crippen molar-refractivity contribution < 1.29 is 0 Å². The fourth-order valence-corrected chi connectivity index (χ4v) is 1.36. The van der Waals surface area contributed by atoms with Gasteiger partial charge in [-0.05, 0) is 25.5 Å². The molecule has 1 nitrogen and oxygen atoms in total. The Morgan fingerprint density at radius 2 is 2.00 bits per heavy atom. The van der Waals surface area contributed by atoms with E-state index in [2.05, 4.69) is 32.5 Å². The highest BCUT2D eigenvalue weighted by Crippen LogP contribution is 2.15. The number of hydrogen-bond acceptors (Lipinski definition) is 1. The van der Waals surface area contributed by atoms with Crippen LogP contribution in [0.5, 0.6) is 0 Å². The molecule has 0 aromatic rings. The van der Waals surface area contributed by atoms with Crippen molar-refractivity contribution in [2.45, 2.75) is 46.1 Å². The monoisotopic (exact) mass is 141 g/mol. The van der Waals surface area contributed by atoms with Crippen LogP contribution in [0.2, 0.25) is 0 Å². The number of nitrogens with zero attached hydrogens (tertiary/aromatic N) is 1. The van der Waals surface area contributed by atoms with Gasteiger partial charge in [-0.15, -0.1) is 0 Å². The van der Waals surface area contributed by atoms with E-state index in [-0.39, 0.29) is 0 Å². The molecule has 0 aliphatic carbocycles. The van der Waals surface area contributed by atoms with Crippen molar-refractivity contribution in [3.8, 4) is 0 Å². The summed E-state index contributed by atoms with van der Waals surface area (Å²) in [7, 11) is 0. The van der Waals surface area contributed by atoms with Gasteiger partial charge in [-0.1, -0.05) is 27.2 Å². The lowest BCUT2D eigenvalue weighted by atomic mass is 9.96. The van der Waals surface area contributed by atoms with Crippen LogP contribution in [0.25, 0.3) is 0 Å². The zero-order valence-electron chi connectivity index (χ0n) is 7.43. The predicted molar refractivity (Wildman–Crippen MR) is 47.7 cm³/mol. The van der Waals surface area contributed by atoms with E-state index in [1.54, 1.807) is 0 Å². The highest BCUT2D eigenvalue weighted by atomic mass is 14.7. The van der Waals surface area contributed by atoms with Gasteiger partial charge in [0.2, 0.25) is 0 Å². The Balaban J connectivity index is 3.63. The maximum absolute atomic E-state index is 4.08. The van der Waals surface area contributed by atoms with E-state index < -0.39 is 0 Å². The first kappa shape index (κ1) is 9.67. The third-order valence-electron chi connectivity index (χ3n) is 2.05. The maximum atomic E-state index is 4.08. The topological polar surface area (TPSA) is 12.4 Å². The fraction of sp³-hybridized carbons (Fsp3) is 0.889. The first-order valence-corrected chi connectivity index (χ1v) is 4.22. The molecule has 0 fully saturated rings. The quantitative estimate of drug-likeness (QED) is 0.522. The summed E-state index contributed by atoms with van der Waals surface area (Å²) in [6.07, 6.45) is 3.66. The molecule has 0 aliphatic heterocycles.